The molecule has 6 aromatic rings. The van der Waals surface area contributed by atoms with Crippen molar-refractivity contribution in [3.05, 3.63) is 120 Å². The number of rotatable bonds is 2. The zero-order valence-corrected chi connectivity index (χ0v) is 20.6. The predicted molar refractivity (Wildman–Crippen MR) is 154 cm³/mol. The Morgan fingerprint density at radius 2 is 1.03 bits per heavy atom. The van der Waals surface area contributed by atoms with E-state index in [0.29, 0.717) is 0 Å². The molecule has 8 rings (SSSR count). The first-order valence-electron chi connectivity index (χ1n) is 13.3. The number of hydrogen-bond acceptors (Lipinski definition) is 0. The van der Waals surface area contributed by atoms with E-state index in [1.54, 1.807) is 11.1 Å². The normalized spacial score (nSPS) is 18.4. The van der Waals surface area contributed by atoms with Gasteiger partial charge >= 0.3 is 0 Å². The molecule has 0 saturated heterocycles. The second kappa shape index (κ2) is 7.55. The summed E-state index contributed by atoms with van der Waals surface area (Å²) in [5.41, 5.74) is 10.2. The van der Waals surface area contributed by atoms with Gasteiger partial charge < -0.3 is 0 Å². The van der Waals surface area contributed by atoms with Crippen LogP contribution in [0.25, 0.3) is 54.6 Å². The summed E-state index contributed by atoms with van der Waals surface area (Å²) in [6, 6.07) is 38.8. The first-order valence-corrected chi connectivity index (χ1v) is 13.3. The van der Waals surface area contributed by atoms with Crippen LogP contribution in [0.3, 0.4) is 0 Å². The highest BCUT2D eigenvalue weighted by Crippen LogP contribution is 2.57. The van der Waals surface area contributed by atoms with Crippen molar-refractivity contribution >= 4 is 32.3 Å². The van der Waals surface area contributed by atoms with Gasteiger partial charge in [-0.2, -0.15) is 0 Å². The molecule has 2 atom stereocenters. The topological polar surface area (TPSA) is 0 Å². The third kappa shape index (κ3) is 2.70. The van der Waals surface area contributed by atoms with Gasteiger partial charge in [-0.3, -0.25) is 0 Å². The van der Waals surface area contributed by atoms with Crippen LogP contribution in [-0.4, -0.2) is 0 Å². The van der Waals surface area contributed by atoms with E-state index < -0.39 is 0 Å². The Bertz CT molecular complexity index is 1780. The van der Waals surface area contributed by atoms with E-state index in [2.05, 4.69) is 110 Å². The Hall–Kier alpha value is -3.90. The van der Waals surface area contributed by atoms with E-state index in [-0.39, 0.29) is 0 Å². The molecule has 2 unspecified atom stereocenters. The summed E-state index contributed by atoms with van der Waals surface area (Å²) in [7, 11) is 0. The van der Waals surface area contributed by atoms with Crippen molar-refractivity contribution < 1.29 is 0 Å². The van der Waals surface area contributed by atoms with Crippen LogP contribution >= 0.6 is 0 Å². The zero-order chi connectivity index (χ0) is 23.8. The molecule has 2 bridgehead atoms. The quantitative estimate of drug-likeness (QED) is 0.225. The molecular weight excluding hydrogens is 432 g/mol. The molecule has 0 aromatic heterocycles. The molecule has 0 N–H and O–H groups in total. The van der Waals surface area contributed by atoms with E-state index in [9.17, 15) is 0 Å². The second-order valence-corrected chi connectivity index (χ2v) is 10.8. The molecule has 36 heavy (non-hydrogen) atoms. The minimum Gasteiger partial charge on any atom is -0.0616 e. The van der Waals surface area contributed by atoms with Crippen molar-refractivity contribution in [2.24, 2.45) is 0 Å². The van der Waals surface area contributed by atoms with Crippen molar-refractivity contribution in [1.82, 2.24) is 0 Å². The maximum Gasteiger partial charge on any atom is -0.00201 e. The van der Waals surface area contributed by atoms with Crippen LogP contribution in [0.2, 0.25) is 0 Å². The SMILES string of the molecule is Cc1ccc(-c2c3ccccc3c(-c3cccc4c3C3CCC4C3)c3ccccc23)c2ccccc12. The molecule has 0 spiro atoms. The highest BCUT2D eigenvalue weighted by molar-refractivity contribution is 6.23. The Morgan fingerprint density at radius 3 is 1.69 bits per heavy atom. The highest BCUT2D eigenvalue weighted by atomic mass is 14.4. The monoisotopic (exact) mass is 460 g/mol. The fraction of sp³-hybridized carbons (Fsp3) is 0.167. The van der Waals surface area contributed by atoms with Crippen molar-refractivity contribution in [1.29, 1.82) is 0 Å². The van der Waals surface area contributed by atoms with Gasteiger partial charge in [-0.05, 0) is 109 Å². The van der Waals surface area contributed by atoms with Crippen molar-refractivity contribution in [2.45, 2.75) is 38.0 Å². The number of aryl methyl sites for hydroxylation is 1. The fourth-order valence-electron chi connectivity index (χ4n) is 7.52. The van der Waals surface area contributed by atoms with E-state index >= 15 is 0 Å². The van der Waals surface area contributed by atoms with E-state index in [1.165, 1.54) is 79.4 Å². The molecule has 0 radical (unpaired) electrons. The van der Waals surface area contributed by atoms with Crippen LogP contribution in [0.5, 0.6) is 0 Å². The smallest absolute Gasteiger partial charge is 0.00201 e. The molecule has 2 aliphatic rings. The summed E-state index contributed by atoms with van der Waals surface area (Å²) >= 11 is 0. The van der Waals surface area contributed by atoms with Crippen LogP contribution in [0.15, 0.2) is 103 Å². The Kier molecular flexibility index (Phi) is 4.26. The maximum absolute atomic E-state index is 2.40. The summed E-state index contributed by atoms with van der Waals surface area (Å²) in [5, 5.41) is 8.10. The van der Waals surface area contributed by atoms with Gasteiger partial charge in [-0.15, -0.1) is 0 Å². The summed E-state index contributed by atoms with van der Waals surface area (Å²) in [4.78, 5) is 0. The summed E-state index contributed by atoms with van der Waals surface area (Å²) < 4.78 is 0. The van der Waals surface area contributed by atoms with Crippen molar-refractivity contribution in [2.75, 3.05) is 0 Å². The Labute approximate surface area is 212 Å². The molecule has 6 aromatic carbocycles. The molecule has 2 aliphatic carbocycles. The lowest BCUT2D eigenvalue weighted by molar-refractivity contribution is 0.719. The third-order valence-corrected chi connectivity index (χ3v) is 9.03. The highest BCUT2D eigenvalue weighted by Gasteiger charge is 2.38. The number of hydrogen-bond donors (Lipinski definition) is 0. The minimum absolute atomic E-state index is 0.722. The summed E-state index contributed by atoms with van der Waals surface area (Å²) in [6.45, 7) is 2.22. The van der Waals surface area contributed by atoms with Gasteiger partial charge in [0, 0.05) is 0 Å². The molecule has 1 fully saturated rings. The average Bonchev–Trinajstić information content (AvgIpc) is 3.56. The average molecular weight is 461 g/mol. The van der Waals surface area contributed by atoms with Crippen LogP contribution in [0, 0.1) is 6.92 Å². The van der Waals surface area contributed by atoms with Gasteiger partial charge in [-0.25, -0.2) is 0 Å². The number of benzene rings is 6. The van der Waals surface area contributed by atoms with Gasteiger partial charge in [0.15, 0.2) is 0 Å². The zero-order valence-electron chi connectivity index (χ0n) is 20.6. The lowest BCUT2D eigenvalue weighted by atomic mass is 9.80. The van der Waals surface area contributed by atoms with Crippen LogP contribution in [0.1, 0.15) is 47.8 Å². The van der Waals surface area contributed by atoms with E-state index in [0.717, 1.165) is 11.8 Å². The Balaban J connectivity index is 1.54. The predicted octanol–water partition coefficient (Wildman–Crippen LogP) is 10.2. The summed E-state index contributed by atoms with van der Waals surface area (Å²) in [5.74, 6) is 1.49. The van der Waals surface area contributed by atoms with Gasteiger partial charge in [0.25, 0.3) is 0 Å². The molecule has 0 heteroatoms. The number of fused-ring (bicyclic) bond motifs is 8. The standard InChI is InChI=1S/C36H28/c1-22-17-20-32(27-10-3-2-9-25(22)27)35-28-11-4-6-13-30(28)36(31-14-7-5-12-29(31)35)33-16-8-15-26-23-18-19-24(21-23)34(26)33/h2-17,20,23-24H,18-19,21H2,1H3. The van der Waals surface area contributed by atoms with Crippen LogP contribution in [0.4, 0.5) is 0 Å². The van der Waals surface area contributed by atoms with Gasteiger partial charge in [-0.1, -0.05) is 103 Å². The Morgan fingerprint density at radius 1 is 0.472 bits per heavy atom. The first-order chi connectivity index (χ1) is 17.8. The molecule has 172 valence electrons. The molecule has 0 nitrogen and oxygen atoms in total. The van der Waals surface area contributed by atoms with E-state index in [4.69, 9.17) is 0 Å². The van der Waals surface area contributed by atoms with Crippen molar-refractivity contribution in [3.8, 4) is 22.3 Å². The minimum atomic E-state index is 0.722. The molecular formula is C36H28. The van der Waals surface area contributed by atoms with E-state index in [1.807, 2.05) is 0 Å². The second-order valence-electron chi connectivity index (χ2n) is 10.8. The molecule has 0 aliphatic heterocycles. The van der Waals surface area contributed by atoms with Crippen LogP contribution in [-0.2, 0) is 0 Å². The summed E-state index contributed by atoms with van der Waals surface area (Å²) in [6.07, 6.45) is 4.05. The fourth-order valence-corrected chi connectivity index (χ4v) is 7.52. The van der Waals surface area contributed by atoms with Crippen LogP contribution < -0.4 is 0 Å². The lowest BCUT2D eigenvalue weighted by Crippen LogP contribution is -2.01. The van der Waals surface area contributed by atoms with Gasteiger partial charge in [0.05, 0.1) is 0 Å². The van der Waals surface area contributed by atoms with Gasteiger partial charge in [0.2, 0.25) is 0 Å². The third-order valence-electron chi connectivity index (χ3n) is 9.03. The lowest BCUT2D eigenvalue weighted by Gasteiger charge is -2.23. The van der Waals surface area contributed by atoms with Crippen molar-refractivity contribution in [3.63, 3.8) is 0 Å². The molecule has 0 heterocycles. The largest absolute Gasteiger partial charge is 0.0616 e. The molecule has 1 saturated carbocycles. The maximum atomic E-state index is 2.40. The molecule has 0 amide bonds. The first kappa shape index (κ1) is 20.3. The van der Waals surface area contributed by atoms with Gasteiger partial charge in [0.1, 0.15) is 0 Å².